The first-order valence-electron chi connectivity index (χ1n) is 2.84. The van der Waals surface area contributed by atoms with Crippen LogP contribution in [0.25, 0.3) is 0 Å². The van der Waals surface area contributed by atoms with Crippen LogP contribution in [0.2, 0.25) is 0 Å². The molecule has 0 amide bonds. The highest BCUT2D eigenvalue weighted by atomic mass is 79.9. The van der Waals surface area contributed by atoms with Crippen molar-refractivity contribution in [1.82, 2.24) is 4.98 Å². The van der Waals surface area contributed by atoms with E-state index in [9.17, 15) is 13.2 Å². The number of alkyl halides is 3. The Hall–Kier alpha value is -0.230. The molecule has 1 nitrogen and oxygen atoms in total. The molecule has 1 heterocycles. The smallest absolute Gasteiger partial charge is 0.235 e. The third-order valence-electron chi connectivity index (χ3n) is 1.11. The Labute approximate surface area is 80.5 Å². The van der Waals surface area contributed by atoms with E-state index in [-0.39, 0.29) is 9.50 Å². The fourth-order valence-corrected chi connectivity index (χ4v) is 1.20. The number of hydrogen-bond donors (Lipinski definition) is 1. The molecule has 0 radical (unpaired) electrons. The molecule has 1 rings (SSSR count). The van der Waals surface area contributed by atoms with Crippen LogP contribution >= 0.6 is 28.6 Å². The summed E-state index contributed by atoms with van der Waals surface area (Å²) in [6.45, 7) is 0. The fraction of sp³-hybridized carbons (Fsp3) is 0.167. The second-order valence-electron chi connectivity index (χ2n) is 2.00. The van der Waals surface area contributed by atoms with Crippen molar-refractivity contribution in [2.45, 2.75) is 11.1 Å². The molecule has 0 aliphatic carbocycles. The molecule has 0 saturated heterocycles. The molecule has 0 atom stereocenters. The number of halogens is 4. The molecule has 0 fully saturated rings. The zero-order valence-electron chi connectivity index (χ0n) is 5.56. The highest BCUT2D eigenvalue weighted by molar-refractivity contribution is 9.10. The minimum Gasteiger partial charge on any atom is -0.235 e. The third kappa shape index (κ3) is 2.13. The first kappa shape index (κ1) is 9.85. The summed E-state index contributed by atoms with van der Waals surface area (Å²) in [6, 6.07) is 2.64. The summed E-state index contributed by atoms with van der Waals surface area (Å²) in [5, 5.41) is 0. The number of hydrogen-bond acceptors (Lipinski definition) is 2. The van der Waals surface area contributed by atoms with E-state index in [1.807, 2.05) is 0 Å². The highest BCUT2D eigenvalue weighted by Gasteiger charge is 2.34. The number of rotatable bonds is 0. The maximum Gasteiger partial charge on any atom is 0.434 e. The maximum absolute atomic E-state index is 12.1. The summed E-state index contributed by atoms with van der Waals surface area (Å²) in [5.41, 5.74) is -0.972. The molecule has 66 valence electrons. The Morgan fingerprint density at radius 1 is 1.33 bits per heavy atom. The predicted molar refractivity (Wildman–Crippen MR) is 44.2 cm³/mol. The molecule has 0 spiro atoms. The van der Waals surface area contributed by atoms with Gasteiger partial charge in [-0.05, 0) is 28.1 Å². The van der Waals surface area contributed by atoms with Gasteiger partial charge in [0.25, 0.3) is 0 Å². The minimum absolute atomic E-state index is 0.146. The molecule has 1 aromatic heterocycles. The van der Waals surface area contributed by atoms with E-state index < -0.39 is 11.9 Å². The topological polar surface area (TPSA) is 12.9 Å². The van der Waals surface area contributed by atoms with Crippen LogP contribution < -0.4 is 0 Å². The van der Waals surface area contributed by atoms with E-state index in [2.05, 4.69) is 33.5 Å². The van der Waals surface area contributed by atoms with Crippen molar-refractivity contribution in [2.75, 3.05) is 0 Å². The molecule has 0 bridgehead atoms. The number of thiol groups is 1. The number of nitrogens with zero attached hydrogens (tertiary/aromatic N) is 1. The lowest BCUT2D eigenvalue weighted by atomic mass is 10.3. The molecular weight excluding hydrogens is 255 g/mol. The van der Waals surface area contributed by atoms with Gasteiger partial charge in [0.1, 0.15) is 4.60 Å². The third-order valence-corrected chi connectivity index (χ3v) is 1.91. The van der Waals surface area contributed by atoms with Crippen molar-refractivity contribution in [3.63, 3.8) is 0 Å². The van der Waals surface area contributed by atoms with Crippen LogP contribution in [0.15, 0.2) is 21.6 Å². The molecule has 0 unspecified atom stereocenters. The number of aromatic nitrogens is 1. The first-order valence-corrected chi connectivity index (χ1v) is 4.08. The quantitative estimate of drug-likeness (QED) is 0.557. The van der Waals surface area contributed by atoms with E-state index in [4.69, 9.17) is 0 Å². The summed E-state index contributed by atoms with van der Waals surface area (Å²) >= 11 is 6.48. The van der Waals surface area contributed by atoms with Gasteiger partial charge in [0.15, 0.2) is 5.69 Å². The van der Waals surface area contributed by atoms with Crippen LogP contribution in [0.5, 0.6) is 0 Å². The maximum atomic E-state index is 12.1. The van der Waals surface area contributed by atoms with E-state index in [0.29, 0.717) is 0 Å². The van der Waals surface area contributed by atoms with Crippen molar-refractivity contribution in [3.8, 4) is 0 Å². The average molecular weight is 258 g/mol. The molecule has 12 heavy (non-hydrogen) atoms. The van der Waals surface area contributed by atoms with Crippen LogP contribution in [0.1, 0.15) is 5.69 Å². The van der Waals surface area contributed by atoms with Crippen molar-refractivity contribution < 1.29 is 13.2 Å². The van der Waals surface area contributed by atoms with Gasteiger partial charge in [-0.1, -0.05) is 0 Å². The Morgan fingerprint density at radius 3 is 2.33 bits per heavy atom. The lowest BCUT2D eigenvalue weighted by Crippen LogP contribution is -2.09. The molecule has 6 heteroatoms. The van der Waals surface area contributed by atoms with Crippen LogP contribution in [0.3, 0.4) is 0 Å². The van der Waals surface area contributed by atoms with Crippen molar-refractivity contribution >= 4 is 28.6 Å². The summed E-state index contributed by atoms with van der Waals surface area (Å²) < 4.78 is 36.4. The zero-order valence-corrected chi connectivity index (χ0v) is 8.04. The van der Waals surface area contributed by atoms with E-state index in [1.165, 1.54) is 12.1 Å². The summed E-state index contributed by atoms with van der Waals surface area (Å²) in [6.07, 6.45) is -4.44. The molecule has 1 aromatic rings. The minimum atomic E-state index is -4.44. The van der Waals surface area contributed by atoms with Gasteiger partial charge in [-0.15, -0.1) is 12.6 Å². The molecule has 0 aromatic carbocycles. The predicted octanol–water partition coefficient (Wildman–Crippen LogP) is 3.15. The first-order chi connectivity index (χ1) is 5.41. The van der Waals surface area contributed by atoms with Gasteiger partial charge in [-0.25, -0.2) is 4.98 Å². The van der Waals surface area contributed by atoms with Crippen LogP contribution in [-0.4, -0.2) is 4.98 Å². The standard InChI is InChI=1S/C6H3BrF3NS/c7-4-2-1-3(12)5(11-4)6(8,9)10/h1-2,12H. The van der Waals surface area contributed by atoms with Crippen LogP contribution in [0.4, 0.5) is 13.2 Å². The van der Waals surface area contributed by atoms with Gasteiger partial charge >= 0.3 is 6.18 Å². The van der Waals surface area contributed by atoms with Gasteiger partial charge in [0, 0.05) is 4.90 Å². The molecule has 0 saturated carbocycles. The van der Waals surface area contributed by atoms with Gasteiger partial charge in [-0.2, -0.15) is 13.2 Å². The lowest BCUT2D eigenvalue weighted by Gasteiger charge is -2.07. The van der Waals surface area contributed by atoms with Gasteiger partial charge < -0.3 is 0 Å². The average Bonchev–Trinajstić information content (AvgIpc) is 1.92. The summed E-state index contributed by atoms with van der Waals surface area (Å²) in [7, 11) is 0. The van der Waals surface area contributed by atoms with Crippen LogP contribution in [-0.2, 0) is 6.18 Å². The largest absolute Gasteiger partial charge is 0.434 e. The van der Waals surface area contributed by atoms with E-state index in [0.717, 1.165) is 0 Å². The molecular formula is C6H3BrF3NS. The van der Waals surface area contributed by atoms with Crippen molar-refractivity contribution in [2.24, 2.45) is 0 Å². The Kier molecular flexibility index (Phi) is 2.67. The van der Waals surface area contributed by atoms with Crippen molar-refractivity contribution in [3.05, 3.63) is 22.4 Å². The Bertz CT molecular complexity index is 299. The highest BCUT2D eigenvalue weighted by Crippen LogP contribution is 2.32. The summed E-state index contributed by atoms with van der Waals surface area (Å²) in [5.74, 6) is 0. The van der Waals surface area contributed by atoms with E-state index >= 15 is 0 Å². The second kappa shape index (κ2) is 3.26. The Morgan fingerprint density at radius 2 is 1.92 bits per heavy atom. The number of pyridine rings is 1. The molecule has 0 aliphatic rings. The van der Waals surface area contributed by atoms with Crippen molar-refractivity contribution in [1.29, 1.82) is 0 Å². The summed E-state index contributed by atoms with van der Waals surface area (Å²) in [4.78, 5) is 3.08. The molecule has 0 N–H and O–H groups in total. The molecule has 0 aliphatic heterocycles. The monoisotopic (exact) mass is 257 g/mol. The van der Waals surface area contributed by atoms with E-state index in [1.54, 1.807) is 0 Å². The second-order valence-corrected chi connectivity index (χ2v) is 3.29. The lowest BCUT2D eigenvalue weighted by molar-refractivity contribution is -0.143. The SMILES string of the molecule is FC(F)(F)c1nc(Br)ccc1S. The normalized spacial score (nSPS) is 11.8. The Balaban J connectivity index is 3.23. The van der Waals surface area contributed by atoms with Gasteiger partial charge in [0.05, 0.1) is 0 Å². The van der Waals surface area contributed by atoms with Crippen LogP contribution in [0, 0.1) is 0 Å². The zero-order chi connectivity index (χ0) is 9.35. The van der Waals surface area contributed by atoms with Gasteiger partial charge in [0.2, 0.25) is 0 Å². The van der Waals surface area contributed by atoms with Gasteiger partial charge in [-0.3, -0.25) is 0 Å². The fourth-order valence-electron chi connectivity index (χ4n) is 0.637.